The van der Waals surface area contributed by atoms with Gasteiger partial charge in [-0.25, -0.2) is 0 Å². The van der Waals surface area contributed by atoms with Crippen molar-refractivity contribution in [3.05, 3.63) is 34.3 Å². The second-order valence-corrected chi connectivity index (χ2v) is 6.05. The molecule has 0 aromatic heterocycles. The number of carbonyl (C=O) groups is 1. The van der Waals surface area contributed by atoms with Gasteiger partial charge in [0.05, 0.1) is 6.10 Å². The lowest BCUT2D eigenvalue weighted by Crippen LogP contribution is -2.36. The van der Waals surface area contributed by atoms with Crippen molar-refractivity contribution in [2.24, 2.45) is 0 Å². The summed E-state index contributed by atoms with van der Waals surface area (Å²) in [5.41, 5.74) is 1.12. The Bertz CT molecular complexity index is 430. The molecule has 1 N–H and O–H groups in total. The Labute approximate surface area is 128 Å². The van der Waals surface area contributed by atoms with Crippen LogP contribution >= 0.6 is 15.9 Å². The number of ether oxygens (including phenoxy) is 1. The van der Waals surface area contributed by atoms with Gasteiger partial charge in [-0.15, -0.1) is 0 Å². The van der Waals surface area contributed by atoms with E-state index >= 15 is 0 Å². The van der Waals surface area contributed by atoms with Gasteiger partial charge >= 0.3 is 0 Å². The van der Waals surface area contributed by atoms with Crippen LogP contribution in [0.25, 0.3) is 0 Å². The van der Waals surface area contributed by atoms with E-state index in [9.17, 15) is 4.79 Å². The lowest BCUT2D eigenvalue weighted by atomic mass is 10.1. The van der Waals surface area contributed by atoms with Gasteiger partial charge < -0.3 is 15.0 Å². The van der Waals surface area contributed by atoms with Crippen LogP contribution in [-0.2, 0) is 16.1 Å². The maximum absolute atomic E-state index is 12.0. The van der Waals surface area contributed by atoms with Gasteiger partial charge in [0.2, 0.25) is 5.91 Å². The van der Waals surface area contributed by atoms with E-state index in [0.29, 0.717) is 6.54 Å². The number of hydrogen-bond acceptors (Lipinski definition) is 3. The summed E-state index contributed by atoms with van der Waals surface area (Å²) in [5, 5.41) is 3.28. The van der Waals surface area contributed by atoms with Crippen LogP contribution in [0, 0.1) is 0 Å². The SMILES string of the molecule is CN(Cc1ccc(Br)cc1)C(=O)COC1CCNCC1. The molecule has 0 unspecified atom stereocenters. The third kappa shape index (κ3) is 4.89. The highest BCUT2D eigenvalue weighted by Gasteiger charge is 2.16. The van der Waals surface area contributed by atoms with E-state index in [4.69, 9.17) is 4.74 Å². The zero-order chi connectivity index (χ0) is 14.4. The van der Waals surface area contributed by atoms with E-state index in [2.05, 4.69) is 21.2 Å². The summed E-state index contributed by atoms with van der Waals surface area (Å²) in [4.78, 5) is 13.7. The fourth-order valence-corrected chi connectivity index (χ4v) is 2.48. The smallest absolute Gasteiger partial charge is 0.248 e. The molecule has 4 nitrogen and oxygen atoms in total. The molecule has 1 aliphatic heterocycles. The second-order valence-electron chi connectivity index (χ2n) is 5.14. The third-order valence-electron chi connectivity index (χ3n) is 3.49. The van der Waals surface area contributed by atoms with E-state index in [0.717, 1.165) is 36.0 Å². The van der Waals surface area contributed by atoms with Crippen LogP contribution in [0.2, 0.25) is 0 Å². The van der Waals surface area contributed by atoms with Crippen LogP contribution in [0.4, 0.5) is 0 Å². The summed E-state index contributed by atoms with van der Waals surface area (Å²) < 4.78 is 6.73. The first-order valence-electron chi connectivity index (χ1n) is 6.96. The van der Waals surface area contributed by atoms with E-state index in [1.165, 1.54) is 0 Å². The molecule has 1 saturated heterocycles. The molecule has 0 saturated carbocycles. The van der Waals surface area contributed by atoms with E-state index in [-0.39, 0.29) is 18.6 Å². The Morgan fingerprint density at radius 1 is 1.35 bits per heavy atom. The van der Waals surface area contributed by atoms with Crippen molar-refractivity contribution in [2.45, 2.75) is 25.5 Å². The van der Waals surface area contributed by atoms with E-state index < -0.39 is 0 Å². The van der Waals surface area contributed by atoms with Gasteiger partial charge in [0.25, 0.3) is 0 Å². The molecule has 1 aliphatic rings. The fourth-order valence-electron chi connectivity index (χ4n) is 2.21. The predicted octanol–water partition coefficient (Wildman–Crippen LogP) is 2.18. The first-order chi connectivity index (χ1) is 9.65. The van der Waals surface area contributed by atoms with Crippen molar-refractivity contribution in [1.29, 1.82) is 0 Å². The summed E-state index contributed by atoms with van der Waals surface area (Å²) in [5.74, 6) is 0.0338. The Morgan fingerprint density at radius 2 is 2.00 bits per heavy atom. The Kier molecular flexibility index (Phi) is 6.01. The molecule has 110 valence electrons. The average Bonchev–Trinajstić information content (AvgIpc) is 2.48. The monoisotopic (exact) mass is 340 g/mol. The fraction of sp³-hybridized carbons (Fsp3) is 0.533. The average molecular weight is 341 g/mol. The first-order valence-corrected chi connectivity index (χ1v) is 7.75. The highest BCUT2D eigenvalue weighted by atomic mass is 79.9. The molecule has 0 aliphatic carbocycles. The van der Waals surface area contributed by atoms with Crippen molar-refractivity contribution < 1.29 is 9.53 Å². The largest absolute Gasteiger partial charge is 0.368 e. The number of piperidine rings is 1. The molecule has 1 amide bonds. The van der Waals surface area contributed by atoms with Gasteiger partial charge in [-0.2, -0.15) is 0 Å². The first kappa shape index (κ1) is 15.5. The summed E-state index contributed by atoms with van der Waals surface area (Å²) in [6.45, 7) is 2.75. The molecule has 1 aromatic carbocycles. The van der Waals surface area contributed by atoms with Crippen molar-refractivity contribution in [2.75, 3.05) is 26.7 Å². The summed E-state index contributed by atoms with van der Waals surface area (Å²) in [6.07, 6.45) is 2.20. The van der Waals surface area contributed by atoms with Gasteiger partial charge in [-0.3, -0.25) is 4.79 Å². The maximum Gasteiger partial charge on any atom is 0.248 e. The molecular formula is C15H21BrN2O2. The quantitative estimate of drug-likeness (QED) is 0.893. The van der Waals surface area contributed by atoms with E-state index in [1.807, 2.05) is 31.3 Å². The molecule has 1 fully saturated rings. The molecule has 0 bridgehead atoms. The minimum absolute atomic E-state index is 0.0338. The highest BCUT2D eigenvalue weighted by Crippen LogP contribution is 2.12. The zero-order valence-electron chi connectivity index (χ0n) is 11.8. The molecule has 0 atom stereocenters. The van der Waals surface area contributed by atoms with Crippen molar-refractivity contribution in [3.8, 4) is 0 Å². The van der Waals surface area contributed by atoms with Crippen LogP contribution < -0.4 is 5.32 Å². The number of carbonyl (C=O) groups excluding carboxylic acids is 1. The van der Waals surface area contributed by atoms with Crippen molar-refractivity contribution in [3.63, 3.8) is 0 Å². The molecule has 2 rings (SSSR count). The zero-order valence-corrected chi connectivity index (χ0v) is 13.4. The van der Waals surface area contributed by atoms with Crippen LogP contribution in [0.3, 0.4) is 0 Å². The number of benzene rings is 1. The topological polar surface area (TPSA) is 41.6 Å². The standard InChI is InChI=1S/C15H21BrN2O2/c1-18(10-12-2-4-13(16)5-3-12)15(19)11-20-14-6-8-17-9-7-14/h2-5,14,17H,6-11H2,1H3. The summed E-state index contributed by atoms with van der Waals surface area (Å²) in [7, 11) is 1.82. The van der Waals surface area contributed by atoms with Gasteiger partial charge in [-0.05, 0) is 43.6 Å². The molecular weight excluding hydrogens is 320 g/mol. The van der Waals surface area contributed by atoms with Gasteiger partial charge in [0.15, 0.2) is 0 Å². The van der Waals surface area contributed by atoms with Crippen LogP contribution in [0.15, 0.2) is 28.7 Å². The minimum Gasteiger partial charge on any atom is -0.368 e. The Morgan fingerprint density at radius 3 is 2.65 bits per heavy atom. The van der Waals surface area contributed by atoms with Gasteiger partial charge in [0, 0.05) is 18.1 Å². The van der Waals surface area contributed by atoms with Crippen LogP contribution in [-0.4, -0.2) is 43.7 Å². The number of nitrogens with one attached hydrogen (secondary N) is 1. The minimum atomic E-state index is 0.0338. The molecule has 0 radical (unpaired) electrons. The third-order valence-corrected chi connectivity index (χ3v) is 4.02. The second kappa shape index (κ2) is 7.76. The Hall–Kier alpha value is -0.910. The molecule has 20 heavy (non-hydrogen) atoms. The number of halogens is 1. The van der Waals surface area contributed by atoms with Crippen LogP contribution in [0.1, 0.15) is 18.4 Å². The molecule has 1 heterocycles. The number of likely N-dealkylation sites (N-methyl/N-ethyl adjacent to an activating group) is 1. The normalized spacial score (nSPS) is 16.1. The highest BCUT2D eigenvalue weighted by molar-refractivity contribution is 9.10. The number of nitrogens with zero attached hydrogens (tertiary/aromatic N) is 1. The van der Waals surface area contributed by atoms with Gasteiger partial charge in [0.1, 0.15) is 6.61 Å². The summed E-state index contributed by atoms with van der Waals surface area (Å²) >= 11 is 3.40. The van der Waals surface area contributed by atoms with E-state index in [1.54, 1.807) is 4.90 Å². The lowest BCUT2D eigenvalue weighted by molar-refractivity contribution is -0.137. The molecule has 5 heteroatoms. The number of amides is 1. The number of hydrogen-bond donors (Lipinski definition) is 1. The lowest BCUT2D eigenvalue weighted by Gasteiger charge is -2.24. The predicted molar refractivity (Wildman–Crippen MR) is 82.5 cm³/mol. The Balaban J connectivity index is 1.75. The van der Waals surface area contributed by atoms with Crippen LogP contribution in [0.5, 0.6) is 0 Å². The summed E-state index contributed by atoms with van der Waals surface area (Å²) in [6, 6.07) is 8.00. The van der Waals surface area contributed by atoms with Crippen molar-refractivity contribution >= 4 is 21.8 Å². The van der Waals surface area contributed by atoms with Crippen molar-refractivity contribution in [1.82, 2.24) is 10.2 Å². The maximum atomic E-state index is 12.0. The van der Waals surface area contributed by atoms with Gasteiger partial charge in [-0.1, -0.05) is 28.1 Å². The molecule has 1 aromatic rings. The molecule has 0 spiro atoms. The number of rotatable bonds is 5.